The van der Waals surface area contributed by atoms with Crippen molar-refractivity contribution in [2.45, 2.75) is 0 Å². The van der Waals surface area contributed by atoms with Crippen LogP contribution in [0.2, 0.25) is 0 Å². The number of phenolic OH excluding ortho intramolecular Hbond substituents is 1. The molecule has 0 aliphatic carbocycles. The Morgan fingerprint density at radius 3 is 2.62 bits per heavy atom. The van der Waals surface area contributed by atoms with Crippen LogP contribution in [0.3, 0.4) is 0 Å². The van der Waals surface area contributed by atoms with Gasteiger partial charge in [-0.25, -0.2) is 0 Å². The van der Waals surface area contributed by atoms with Gasteiger partial charge in [0.1, 0.15) is 0 Å². The number of rotatable bonds is 1. The van der Waals surface area contributed by atoms with Gasteiger partial charge in [-0.2, -0.15) is 0 Å². The number of nitrogens with zero attached hydrogens (tertiary/aromatic N) is 1. The molecule has 1 aromatic heterocycles. The molecular weight excluding hydrogens is 265 g/mol. The van der Waals surface area contributed by atoms with Crippen molar-refractivity contribution in [1.82, 2.24) is 4.98 Å². The first-order valence-electron chi connectivity index (χ1n) is 4.98. The van der Waals surface area contributed by atoms with E-state index in [2.05, 4.69) is 17.1 Å². The second kappa shape index (κ2) is 3.78. The molecule has 3 aromatic rings. The molecule has 1 N–H and O–H groups in total. The zero-order valence-electron chi connectivity index (χ0n) is 8.42. The summed E-state index contributed by atoms with van der Waals surface area (Å²) in [7, 11) is 0. The molecule has 0 radical (unpaired) electrons. The average Bonchev–Trinajstić information content (AvgIpc) is 2.73. The van der Waals surface area contributed by atoms with Crippen LogP contribution >= 0.6 is 0 Å². The maximum absolute atomic E-state index is 9.41. The minimum atomic E-state index is 0.204. The van der Waals surface area contributed by atoms with E-state index in [9.17, 15) is 5.11 Å². The summed E-state index contributed by atoms with van der Waals surface area (Å²) in [6.45, 7) is 0. The van der Waals surface area contributed by atoms with Gasteiger partial charge in [0.25, 0.3) is 0 Å². The fourth-order valence-corrected chi connectivity index (χ4v) is 3.72. The van der Waals surface area contributed by atoms with Gasteiger partial charge < -0.3 is 0 Å². The van der Waals surface area contributed by atoms with E-state index in [-0.39, 0.29) is 14.5 Å². The molecule has 0 saturated heterocycles. The van der Waals surface area contributed by atoms with E-state index in [0.717, 1.165) is 14.3 Å². The number of hydrogen-bond acceptors (Lipinski definition) is 2. The van der Waals surface area contributed by atoms with Crippen molar-refractivity contribution in [2.75, 3.05) is 0 Å². The Morgan fingerprint density at radius 2 is 1.81 bits per heavy atom. The van der Waals surface area contributed by atoms with Gasteiger partial charge in [-0.15, -0.1) is 0 Å². The Morgan fingerprint density at radius 1 is 1.00 bits per heavy atom. The van der Waals surface area contributed by atoms with Gasteiger partial charge >= 0.3 is 98.8 Å². The van der Waals surface area contributed by atoms with Crippen molar-refractivity contribution in [1.29, 1.82) is 0 Å². The number of benzene rings is 2. The summed E-state index contributed by atoms with van der Waals surface area (Å²) in [5.41, 5.74) is 2.18. The molecule has 0 spiro atoms. The van der Waals surface area contributed by atoms with Crippen molar-refractivity contribution in [3.63, 3.8) is 0 Å². The van der Waals surface area contributed by atoms with Crippen molar-refractivity contribution in [2.24, 2.45) is 0 Å². The maximum atomic E-state index is 9.41. The Bertz CT molecular complexity index is 631. The van der Waals surface area contributed by atoms with Crippen LogP contribution in [0.15, 0.2) is 48.5 Å². The standard InChI is InChI=1S/C13H9NOSe/c15-10-6-7-11-12(8-10)16-13(14-11)9-4-2-1-3-5-9/h1-8,15H. The molecule has 3 rings (SSSR count). The fraction of sp³-hybridized carbons (Fsp3) is 0. The first kappa shape index (κ1) is 9.64. The third-order valence-corrected chi connectivity index (χ3v) is 4.63. The molecule has 16 heavy (non-hydrogen) atoms. The van der Waals surface area contributed by atoms with Gasteiger partial charge in [0.15, 0.2) is 0 Å². The zero-order chi connectivity index (χ0) is 11.0. The average molecular weight is 274 g/mol. The van der Waals surface area contributed by atoms with Crippen LogP contribution in [-0.4, -0.2) is 24.6 Å². The number of aromatic nitrogens is 1. The predicted octanol–water partition coefficient (Wildman–Crippen LogP) is 2.66. The topological polar surface area (TPSA) is 33.1 Å². The SMILES string of the molecule is Oc1ccc2nc(-c3ccccc3)[se]c2c1. The molecule has 0 aliphatic heterocycles. The number of fused-ring (bicyclic) bond motifs is 1. The molecule has 0 fully saturated rings. The van der Waals surface area contributed by atoms with E-state index < -0.39 is 0 Å². The van der Waals surface area contributed by atoms with Crippen LogP contribution < -0.4 is 0 Å². The molecule has 0 aliphatic rings. The van der Waals surface area contributed by atoms with Crippen LogP contribution in [0.25, 0.3) is 19.9 Å². The number of hydrogen-bond donors (Lipinski definition) is 1. The third kappa shape index (κ3) is 1.64. The monoisotopic (exact) mass is 275 g/mol. The van der Waals surface area contributed by atoms with Crippen LogP contribution in [0, 0.1) is 0 Å². The van der Waals surface area contributed by atoms with Gasteiger partial charge in [-0.05, 0) is 0 Å². The van der Waals surface area contributed by atoms with Gasteiger partial charge in [0.2, 0.25) is 0 Å². The minimum absolute atomic E-state index is 0.204. The van der Waals surface area contributed by atoms with Crippen LogP contribution in [0.5, 0.6) is 5.75 Å². The fourth-order valence-electron chi connectivity index (χ4n) is 1.62. The third-order valence-electron chi connectivity index (χ3n) is 2.39. The molecule has 2 nitrogen and oxygen atoms in total. The normalized spacial score (nSPS) is 10.8. The molecule has 0 atom stereocenters. The Labute approximate surface area is 98.9 Å². The molecule has 0 bridgehead atoms. The van der Waals surface area contributed by atoms with Crippen LogP contribution in [-0.2, 0) is 0 Å². The zero-order valence-corrected chi connectivity index (χ0v) is 10.1. The van der Waals surface area contributed by atoms with Gasteiger partial charge in [-0.3, -0.25) is 0 Å². The number of aromatic hydroxyl groups is 1. The summed E-state index contributed by atoms with van der Waals surface area (Å²) < 4.78 is 2.29. The van der Waals surface area contributed by atoms with Gasteiger partial charge in [-0.1, -0.05) is 0 Å². The van der Waals surface area contributed by atoms with Crippen molar-refractivity contribution < 1.29 is 5.11 Å². The summed E-state index contributed by atoms with van der Waals surface area (Å²) in [6, 6.07) is 15.6. The van der Waals surface area contributed by atoms with E-state index >= 15 is 0 Å². The van der Waals surface area contributed by atoms with Gasteiger partial charge in [0.05, 0.1) is 0 Å². The Hall–Kier alpha value is -1.57. The molecule has 0 saturated carbocycles. The van der Waals surface area contributed by atoms with Crippen LogP contribution in [0.4, 0.5) is 0 Å². The molecular formula is C13H9NOSe. The first-order chi connectivity index (χ1) is 7.83. The summed E-state index contributed by atoms with van der Waals surface area (Å²) >= 11 is 0.204. The molecule has 78 valence electrons. The summed E-state index contributed by atoms with van der Waals surface area (Å²) in [5, 5.41) is 9.41. The Balaban J connectivity index is 2.19. The van der Waals surface area contributed by atoms with Crippen molar-refractivity contribution >= 4 is 24.3 Å². The second-order valence-corrected chi connectivity index (χ2v) is 5.70. The quantitative estimate of drug-likeness (QED) is 0.692. The van der Waals surface area contributed by atoms with E-state index in [0.29, 0.717) is 5.75 Å². The van der Waals surface area contributed by atoms with E-state index in [1.807, 2.05) is 30.3 Å². The first-order valence-corrected chi connectivity index (χ1v) is 6.69. The molecule has 0 unspecified atom stereocenters. The van der Waals surface area contributed by atoms with Crippen molar-refractivity contribution in [3.05, 3.63) is 48.5 Å². The van der Waals surface area contributed by atoms with Crippen LogP contribution in [0.1, 0.15) is 0 Å². The van der Waals surface area contributed by atoms with Crippen molar-refractivity contribution in [3.8, 4) is 15.9 Å². The molecule has 1 heterocycles. The number of phenols is 1. The van der Waals surface area contributed by atoms with Gasteiger partial charge in [0, 0.05) is 0 Å². The molecule has 3 heteroatoms. The molecule has 2 aromatic carbocycles. The second-order valence-electron chi connectivity index (χ2n) is 3.54. The molecule has 0 amide bonds. The van der Waals surface area contributed by atoms with E-state index in [4.69, 9.17) is 0 Å². The van der Waals surface area contributed by atoms with E-state index in [1.165, 1.54) is 5.56 Å². The summed E-state index contributed by atoms with van der Waals surface area (Å²) in [5.74, 6) is 0.324. The summed E-state index contributed by atoms with van der Waals surface area (Å²) in [6.07, 6.45) is 0. The predicted molar refractivity (Wildman–Crippen MR) is 65.8 cm³/mol. The summed E-state index contributed by atoms with van der Waals surface area (Å²) in [4.78, 5) is 4.60. The van der Waals surface area contributed by atoms with E-state index in [1.54, 1.807) is 6.07 Å². The Kier molecular flexibility index (Phi) is 2.28.